The second-order valence-electron chi connectivity index (χ2n) is 3.19. The van der Waals surface area contributed by atoms with E-state index in [0.717, 1.165) is 32.4 Å². The highest BCUT2D eigenvalue weighted by atomic mass is 16.5. The van der Waals surface area contributed by atoms with Crippen LogP contribution in [0.2, 0.25) is 0 Å². The normalized spacial score (nSPS) is 18.1. The fourth-order valence-corrected chi connectivity index (χ4v) is 1.53. The molecule has 0 radical (unpaired) electrons. The number of piperidine rings is 1. The standard InChI is InChI=1S/C9H16N2O3/c1-2-14-9(12)8(10-13)11-6-4-3-5-7-11/h13H,2-7H2,1H3/b10-8+. The first-order valence-electron chi connectivity index (χ1n) is 4.93. The average molecular weight is 200 g/mol. The summed E-state index contributed by atoms with van der Waals surface area (Å²) in [5.41, 5.74) is 0. The zero-order chi connectivity index (χ0) is 10.4. The monoisotopic (exact) mass is 200 g/mol. The molecule has 0 bridgehead atoms. The number of oxime groups is 1. The maximum Gasteiger partial charge on any atom is 0.377 e. The first kappa shape index (κ1) is 10.8. The number of ether oxygens (including phenoxy) is 1. The molecule has 0 aromatic heterocycles. The summed E-state index contributed by atoms with van der Waals surface area (Å²) in [5, 5.41) is 11.7. The van der Waals surface area contributed by atoms with Gasteiger partial charge in [-0.2, -0.15) is 0 Å². The lowest BCUT2D eigenvalue weighted by Crippen LogP contribution is -2.41. The molecule has 5 nitrogen and oxygen atoms in total. The first-order chi connectivity index (χ1) is 6.79. The number of carbonyl (C=O) groups excluding carboxylic acids is 1. The summed E-state index contributed by atoms with van der Waals surface area (Å²) in [5.74, 6) is -0.511. The molecule has 14 heavy (non-hydrogen) atoms. The summed E-state index contributed by atoms with van der Waals surface area (Å²) in [4.78, 5) is 13.1. The van der Waals surface area contributed by atoms with Gasteiger partial charge in [-0.25, -0.2) is 4.79 Å². The van der Waals surface area contributed by atoms with E-state index in [4.69, 9.17) is 9.94 Å². The third kappa shape index (κ3) is 2.61. The van der Waals surface area contributed by atoms with Gasteiger partial charge in [0.25, 0.3) is 5.84 Å². The van der Waals surface area contributed by atoms with E-state index in [9.17, 15) is 4.79 Å². The minimum atomic E-state index is -0.545. The van der Waals surface area contributed by atoms with Gasteiger partial charge in [-0.05, 0) is 26.2 Å². The van der Waals surface area contributed by atoms with Crippen molar-refractivity contribution in [2.75, 3.05) is 19.7 Å². The maximum absolute atomic E-state index is 11.3. The molecule has 0 spiro atoms. The van der Waals surface area contributed by atoms with Crippen molar-refractivity contribution < 1.29 is 14.7 Å². The Balaban J connectivity index is 2.56. The van der Waals surface area contributed by atoms with Crippen LogP contribution in [0.5, 0.6) is 0 Å². The average Bonchev–Trinajstić information content (AvgIpc) is 2.21. The van der Waals surface area contributed by atoms with E-state index in [0.29, 0.717) is 6.61 Å². The lowest BCUT2D eigenvalue weighted by molar-refractivity contribution is -0.136. The summed E-state index contributed by atoms with van der Waals surface area (Å²) in [6.07, 6.45) is 3.22. The second kappa shape index (κ2) is 5.47. The molecule has 1 rings (SSSR count). The summed E-state index contributed by atoms with van der Waals surface area (Å²) in [6.45, 7) is 3.55. The lowest BCUT2D eigenvalue weighted by Gasteiger charge is -2.27. The molecule has 0 aromatic carbocycles. The van der Waals surface area contributed by atoms with E-state index in [-0.39, 0.29) is 5.84 Å². The fourth-order valence-electron chi connectivity index (χ4n) is 1.53. The van der Waals surface area contributed by atoms with Crippen molar-refractivity contribution in [2.45, 2.75) is 26.2 Å². The second-order valence-corrected chi connectivity index (χ2v) is 3.19. The number of hydrogen-bond donors (Lipinski definition) is 1. The third-order valence-corrected chi connectivity index (χ3v) is 2.21. The molecule has 0 saturated carbocycles. The van der Waals surface area contributed by atoms with E-state index in [1.807, 2.05) is 0 Å². The largest absolute Gasteiger partial charge is 0.460 e. The third-order valence-electron chi connectivity index (χ3n) is 2.21. The predicted octanol–water partition coefficient (Wildman–Crippen LogP) is 0.823. The molecule has 1 aliphatic heterocycles. The Kier molecular flexibility index (Phi) is 4.22. The van der Waals surface area contributed by atoms with E-state index < -0.39 is 5.97 Å². The molecular weight excluding hydrogens is 184 g/mol. The van der Waals surface area contributed by atoms with Crippen molar-refractivity contribution in [1.29, 1.82) is 0 Å². The minimum absolute atomic E-state index is 0.0338. The summed E-state index contributed by atoms with van der Waals surface area (Å²) in [6, 6.07) is 0. The molecular formula is C9H16N2O3. The molecule has 0 aromatic rings. The molecule has 80 valence electrons. The van der Waals surface area contributed by atoms with Crippen LogP contribution in [0.1, 0.15) is 26.2 Å². The number of likely N-dealkylation sites (tertiary alicyclic amines) is 1. The Labute approximate surface area is 83.3 Å². The number of amidine groups is 1. The minimum Gasteiger partial charge on any atom is -0.460 e. The van der Waals surface area contributed by atoms with Crippen molar-refractivity contribution in [1.82, 2.24) is 4.90 Å². The highest BCUT2D eigenvalue weighted by Gasteiger charge is 2.22. The molecule has 0 atom stereocenters. The number of esters is 1. The number of rotatable bonds is 1. The van der Waals surface area contributed by atoms with Crippen LogP contribution in [0.15, 0.2) is 5.16 Å². The van der Waals surface area contributed by atoms with Gasteiger partial charge in [-0.3, -0.25) is 0 Å². The van der Waals surface area contributed by atoms with E-state index in [1.54, 1.807) is 11.8 Å². The number of hydrogen-bond acceptors (Lipinski definition) is 4. The molecule has 5 heteroatoms. The van der Waals surface area contributed by atoms with Gasteiger partial charge < -0.3 is 14.8 Å². The smallest absolute Gasteiger partial charge is 0.377 e. The van der Waals surface area contributed by atoms with Gasteiger partial charge in [-0.1, -0.05) is 5.16 Å². The van der Waals surface area contributed by atoms with Crippen molar-refractivity contribution in [3.63, 3.8) is 0 Å². The van der Waals surface area contributed by atoms with Crippen LogP contribution in [0, 0.1) is 0 Å². The van der Waals surface area contributed by atoms with Gasteiger partial charge in [0.1, 0.15) is 0 Å². The Morgan fingerprint density at radius 1 is 1.43 bits per heavy atom. The van der Waals surface area contributed by atoms with Crippen molar-refractivity contribution >= 4 is 11.8 Å². The maximum atomic E-state index is 11.3. The van der Waals surface area contributed by atoms with Crippen LogP contribution in [-0.2, 0) is 9.53 Å². The van der Waals surface area contributed by atoms with Crippen LogP contribution in [0.25, 0.3) is 0 Å². The van der Waals surface area contributed by atoms with Gasteiger partial charge >= 0.3 is 5.97 Å². The van der Waals surface area contributed by atoms with Gasteiger partial charge in [-0.15, -0.1) is 0 Å². The van der Waals surface area contributed by atoms with E-state index in [2.05, 4.69) is 5.16 Å². The summed E-state index contributed by atoms with van der Waals surface area (Å²) >= 11 is 0. The SMILES string of the molecule is CCOC(=O)/C(=N\O)N1CCCCC1. The summed E-state index contributed by atoms with van der Waals surface area (Å²) in [7, 11) is 0. The van der Waals surface area contributed by atoms with Crippen LogP contribution < -0.4 is 0 Å². The Hall–Kier alpha value is -1.26. The van der Waals surface area contributed by atoms with Crippen molar-refractivity contribution in [3.05, 3.63) is 0 Å². The predicted molar refractivity (Wildman–Crippen MR) is 51.3 cm³/mol. The molecule has 0 aliphatic carbocycles. The van der Waals surface area contributed by atoms with Crippen molar-refractivity contribution in [3.8, 4) is 0 Å². The Morgan fingerprint density at radius 2 is 2.07 bits per heavy atom. The zero-order valence-corrected chi connectivity index (χ0v) is 8.40. The molecule has 0 unspecified atom stereocenters. The van der Waals surface area contributed by atoms with Crippen LogP contribution in [-0.4, -0.2) is 41.6 Å². The Morgan fingerprint density at radius 3 is 2.57 bits per heavy atom. The first-order valence-corrected chi connectivity index (χ1v) is 4.93. The highest BCUT2D eigenvalue weighted by Crippen LogP contribution is 2.09. The molecule has 1 fully saturated rings. The Bertz CT molecular complexity index is 222. The molecule has 1 heterocycles. The van der Waals surface area contributed by atoms with Crippen molar-refractivity contribution in [2.24, 2.45) is 5.16 Å². The molecule has 1 N–H and O–H groups in total. The van der Waals surface area contributed by atoms with Crippen LogP contribution >= 0.6 is 0 Å². The lowest BCUT2D eigenvalue weighted by atomic mass is 10.1. The van der Waals surface area contributed by atoms with E-state index >= 15 is 0 Å². The number of carbonyl (C=O) groups is 1. The molecule has 0 amide bonds. The molecule has 1 saturated heterocycles. The quantitative estimate of drug-likeness (QED) is 0.224. The topological polar surface area (TPSA) is 62.1 Å². The van der Waals surface area contributed by atoms with Gasteiger partial charge in [0.05, 0.1) is 6.61 Å². The van der Waals surface area contributed by atoms with Crippen LogP contribution in [0.3, 0.4) is 0 Å². The van der Waals surface area contributed by atoms with Gasteiger partial charge in [0.15, 0.2) is 0 Å². The van der Waals surface area contributed by atoms with Crippen LogP contribution in [0.4, 0.5) is 0 Å². The van der Waals surface area contributed by atoms with Gasteiger partial charge in [0.2, 0.25) is 0 Å². The molecule has 1 aliphatic rings. The van der Waals surface area contributed by atoms with Gasteiger partial charge in [0, 0.05) is 13.1 Å². The fraction of sp³-hybridized carbons (Fsp3) is 0.778. The summed E-state index contributed by atoms with van der Waals surface area (Å²) < 4.78 is 4.78. The highest BCUT2D eigenvalue weighted by molar-refractivity contribution is 6.35. The van der Waals surface area contributed by atoms with E-state index in [1.165, 1.54) is 0 Å². The number of nitrogens with zero attached hydrogens (tertiary/aromatic N) is 2. The zero-order valence-electron chi connectivity index (χ0n) is 8.40.